The zero-order chi connectivity index (χ0) is 15.5. The molecule has 0 radical (unpaired) electrons. The average molecular weight is 289 g/mol. The Morgan fingerprint density at radius 3 is 2.52 bits per heavy atom. The number of hydrogen-bond donors (Lipinski definition) is 0. The molecule has 1 aliphatic heterocycles. The second-order valence-electron chi connectivity index (χ2n) is 6.87. The molecule has 1 heterocycles. The van der Waals surface area contributed by atoms with Crippen molar-refractivity contribution in [3.05, 3.63) is 46.3 Å². The normalized spacial score (nSPS) is 22.9. The van der Waals surface area contributed by atoms with Gasteiger partial charge in [0.25, 0.3) is 0 Å². The number of nitrogens with zero attached hydrogens (tertiary/aromatic N) is 3. The molecule has 1 aromatic carbocycles. The Bertz CT molecular complexity index is 522. The SMILES string of the molecule is CC(C)(CC(C)(C)C1OCC(c2ccccc2)O1)N=[N+]=[N-]. The molecule has 1 aromatic rings. The molecule has 0 saturated carbocycles. The Morgan fingerprint density at radius 1 is 1.24 bits per heavy atom. The topological polar surface area (TPSA) is 67.2 Å². The van der Waals surface area contributed by atoms with E-state index in [9.17, 15) is 0 Å². The van der Waals surface area contributed by atoms with Gasteiger partial charge < -0.3 is 9.47 Å². The highest BCUT2D eigenvalue weighted by atomic mass is 16.7. The number of ether oxygens (including phenoxy) is 2. The second-order valence-corrected chi connectivity index (χ2v) is 6.87. The molecule has 2 rings (SSSR count). The highest BCUT2D eigenvalue weighted by molar-refractivity contribution is 5.18. The molecule has 0 amide bonds. The summed E-state index contributed by atoms with van der Waals surface area (Å²) < 4.78 is 11.9. The van der Waals surface area contributed by atoms with Crippen LogP contribution in [0.2, 0.25) is 0 Å². The summed E-state index contributed by atoms with van der Waals surface area (Å²) in [4.78, 5) is 2.92. The fourth-order valence-corrected chi connectivity index (χ4v) is 3.01. The third-order valence-corrected chi connectivity index (χ3v) is 3.70. The van der Waals surface area contributed by atoms with Crippen LogP contribution in [0.4, 0.5) is 0 Å². The van der Waals surface area contributed by atoms with Crippen molar-refractivity contribution in [2.45, 2.75) is 52.0 Å². The van der Waals surface area contributed by atoms with Gasteiger partial charge in [-0.25, -0.2) is 0 Å². The van der Waals surface area contributed by atoms with Crippen molar-refractivity contribution >= 4 is 0 Å². The Hall–Kier alpha value is -1.55. The van der Waals surface area contributed by atoms with Gasteiger partial charge in [-0.2, -0.15) is 0 Å². The summed E-state index contributed by atoms with van der Waals surface area (Å²) in [6.45, 7) is 8.58. The summed E-state index contributed by atoms with van der Waals surface area (Å²) in [6.07, 6.45) is 0.366. The van der Waals surface area contributed by atoms with Crippen LogP contribution in [0.5, 0.6) is 0 Å². The van der Waals surface area contributed by atoms with Gasteiger partial charge in [-0.05, 0) is 17.5 Å². The molecule has 0 bridgehead atoms. The minimum Gasteiger partial charge on any atom is -0.349 e. The summed E-state index contributed by atoms with van der Waals surface area (Å²) in [6, 6.07) is 10.1. The molecule has 2 unspecified atom stereocenters. The molecule has 0 N–H and O–H groups in total. The Labute approximate surface area is 125 Å². The Kier molecular flexibility index (Phi) is 4.57. The lowest BCUT2D eigenvalue weighted by Gasteiger charge is -2.35. The predicted molar refractivity (Wildman–Crippen MR) is 81.6 cm³/mol. The third kappa shape index (κ3) is 3.97. The molecule has 0 spiro atoms. The molecule has 114 valence electrons. The molecule has 5 heteroatoms. The average Bonchev–Trinajstić information content (AvgIpc) is 2.88. The summed E-state index contributed by atoms with van der Waals surface area (Å²) >= 11 is 0. The third-order valence-electron chi connectivity index (χ3n) is 3.70. The highest BCUT2D eigenvalue weighted by Crippen LogP contribution is 2.41. The van der Waals surface area contributed by atoms with Crippen LogP contribution in [0.3, 0.4) is 0 Å². The summed E-state index contributed by atoms with van der Waals surface area (Å²) in [5.74, 6) is 0. The van der Waals surface area contributed by atoms with Crippen LogP contribution >= 0.6 is 0 Å². The van der Waals surface area contributed by atoms with Crippen LogP contribution in [0.25, 0.3) is 10.4 Å². The van der Waals surface area contributed by atoms with E-state index in [1.54, 1.807) is 0 Å². The van der Waals surface area contributed by atoms with E-state index >= 15 is 0 Å². The zero-order valence-corrected chi connectivity index (χ0v) is 13.1. The monoisotopic (exact) mass is 289 g/mol. The van der Waals surface area contributed by atoms with Crippen LogP contribution in [-0.2, 0) is 9.47 Å². The maximum absolute atomic E-state index is 8.65. The molecule has 2 atom stereocenters. The molecule has 5 nitrogen and oxygen atoms in total. The van der Waals surface area contributed by atoms with Crippen LogP contribution in [0, 0.1) is 5.41 Å². The van der Waals surface area contributed by atoms with E-state index in [2.05, 4.69) is 23.9 Å². The molecular formula is C16H23N3O2. The maximum atomic E-state index is 8.65. The quantitative estimate of drug-likeness (QED) is 0.451. The minimum absolute atomic E-state index is 0.0296. The zero-order valence-electron chi connectivity index (χ0n) is 13.1. The number of benzene rings is 1. The molecular weight excluding hydrogens is 266 g/mol. The van der Waals surface area contributed by atoms with E-state index in [4.69, 9.17) is 15.0 Å². The first-order chi connectivity index (χ1) is 9.84. The first-order valence-electron chi connectivity index (χ1n) is 7.22. The van der Waals surface area contributed by atoms with Gasteiger partial charge in [-0.3, -0.25) is 0 Å². The van der Waals surface area contributed by atoms with E-state index in [0.717, 1.165) is 5.56 Å². The summed E-state index contributed by atoms with van der Waals surface area (Å²) in [5.41, 5.74) is 9.08. The fraction of sp³-hybridized carbons (Fsp3) is 0.625. The van der Waals surface area contributed by atoms with Gasteiger partial charge in [0.15, 0.2) is 6.29 Å². The van der Waals surface area contributed by atoms with E-state index in [1.807, 2.05) is 44.2 Å². The van der Waals surface area contributed by atoms with Crippen molar-refractivity contribution in [3.8, 4) is 0 Å². The molecule has 1 aliphatic rings. The number of azide groups is 1. The summed E-state index contributed by atoms with van der Waals surface area (Å²) in [7, 11) is 0. The Balaban J connectivity index is 2.04. The lowest BCUT2D eigenvalue weighted by atomic mass is 9.80. The van der Waals surface area contributed by atoms with Gasteiger partial charge >= 0.3 is 0 Å². The van der Waals surface area contributed by atoms with Gasteiger partial charge in [0, 0.05) is 15.9 Å². The first-order valence-corrected chi connectivity index (χ1v) is 7.22. The molecule has 21 heavy (non-hydrogen) atoms. The van der Waals surface area contributed by atoms with Crippen LogP contribution in [0.1, 0.15) is 45.8 Å². The fourth-order valence-electron chi connectivity index (χ4n) is 3.01. The van der Waals surface area contributed by atoms with Crippen molar-refractivity contribution in [2.24, 2.45) is 10.5 Å². The predicted octanol–water partition coefficient (Wildman–Crippen LogP) is 4.61. The van der Waals surface area contributed by atoms with E-state index in [-0.39, 0.29) is 17.8 Å². The van der Waals surface area contributed by atoms with Gasteiger partial charge in [0.05, 0.1) is 6.61 Å². The van der Waals surface area contributed by atoms with Crippen LogP contribution < -0.4 is 0 Å². The lowest BCUT2D eigenvalue weighted by molar-refractivity contribution is -0.138. The van der Waals surface area contributed by atoms with E-state index in [1.165, 1.54) is 0 Å². The molecule has 1 saturated heterocycles. The number of rotatable bonds is 5. The second kappa shape index (κ2) is 6.06. The van der Waals surface area contributed by atoms with Crippen molar-refractivity contribution in [1.82, 2.24) is 0 Å². The lowest BCUT2D eigenvalue weighted by Crippen LogP contribution is -2.36. The minimum atomic E-state index is -0.462. The molecule has 1 fully saturated rings. The highest BCUT2D eigenvalue weighted by Gasteiger charge is 2.41. The largest absolute Gasteiger partial charge is 0.349 e. The van der Waals surface area contributed by atoms with E-state index in [0.29, 0.717) is 13.0 Å². The maximum Gasteiger partial charge on any atom is 0.163 e. The first kappa shape index (κ1) is 15.8. The Morgan fingerprint density at radius 2 is 1.90 bits per heavy atom. The van der Waals surface area contributed by atoms with Crippen molar-refractivity contribution < 1.29 is 9.47 Å². The van der Waals surface area contributed by atoms with Gasteiger partial charge in [0.1, 0.15) is 6.10 Å². The standard InChI is InChI=1S/C16H23N3O2/c1-15(2,11-16(3,4)18-19-17)14-20-10-13(21-14)12-8-6-5-7-9-12/h5-9,13-14H,10-11H2,1-4H3. The van der Waals surface area contributed by atoms with Crippen molar-refractivity contribution in [3.63, 3.8) is 0 Å². The van der Waals surface area contributed by atoms with Crippen LogP contribution in [0.15, 0.2) is 35.4 Å². The summed E-state index contributed by atoms with van der Waals surface area (Å²) in [5, 5.41) is 3.86. The van der Waals surface area contributed by atoms with Crippen molar-refractivity contribution in [2.75, 3.05) is 6.61 Å². The van der Waals surface area contributed by atoms with Crippen molar-refractivity contribution in [1.29, 1.82) is 0 Å². The van der Waals surface area contributed by atoms with Gasteiger partial charge in [-0.15, -0.1) is 0 Å². The molecule has 0 aromatic heterocycles. The van der Waals surface area contributed by atoms with Crippen LogP contribution in [-0.4, -0.2) is 18.4 Å². The van der Waals surface area contributed by atoms with E-state index < -0.39 is 5.54 Å². The smallest absolute Gasteiger partial charge is 0.163 e. The van der Waals surface area contributed by atoms with Gasteiger partial charge in [0.2, 0.25) is 0 Å². The number of hydrogen-bond acceptors (Lipinski definition) is 3. The van der Waals surface area contributed by atoms with Gasteiger partial charge in [-0.1, -0.05) is 63.1 Å². The molecule has 0 aliphatic carbocycles.